The molecule has 0 fully saturated rings. The lowest BCUT2D eigenvalue weighted by molar-refractivity contribution is 0.444. The van der Waals surface area contributed by atoms with Crippen LogP contribution in [0.5, 0.6) is 11.5 Å². The van der Waals surface area contributed by atoms with Crippen molar-refractivity contribution in [2.45, 2.75) is 92.9 Å². The van der Waals surface area contributed by atoms with Gasteiger partial charge in [-0.15, -0.1) is 0 Å². The van der Waals surface area contributed by atoms with Gasteiger partial charge in [0, 0.05) is 40.1 Å². The molecule has 0 aliphatic rings. The second-order valence-electron chi connectivity index (χ2n) is 15.0. The number of hydrogen-bond donors (Lipinski definition) is 2. The summed E-state index contributed by atoms with van der Waals surface area (Å²) in [6.45, 7) is 21.6. The van der Waals surface area contributed by atoms with E-state index in [1.165, 1.54) is 11.1 Å². The molecule has 0 aromatic heterocycles. The molecule has 0 aliphatic carbocycles. The molecule has 2 N–H and O–H groups in total. The quantitative estimate of drug-likeness (QED) is 0.200. The van der Waals surface area contributed by atoms with E-state index in [1.807, 2.05) is 24.3 Å². The van der Waals surface area contributed by atoms with Gasteiger partial charge in [0.05, 0.1) is 11.4 Å². The molecule has 0 atom stereocenters. The monoisotopic (exact) mass is 590 g/mol. The fraction of sp³-hybridized carbons (Fsp3) is 0.400. The minimum absolute atomic E-state index is 0.203. The van der Waals surface area contributed by atoms with E-state index < -0.39 is 0 Å². The molecule has 4 aromatic rings. The highest BCUT2D eigenvalue weighted by molar-refractivity contribution is 6.04. The van der Waals surface area contributed by atoms with Gasteiger partial charge < -0.3 is 10.2 Å². The maximum absolute atomic E-state index is 11.3. The van der Waals surface area contributed by atoms with Crippen LogP contribution in [0.4, 0.5) is 11.4 Å². The number of hydrogen-bond acceptors (Lipinski definition) is 4. The van der Waals surface area contributed by atoms with E-state index in [1.54, 1.807) is 12.4 Å². The van der Waals surface area contributed by atoms with E-state index in [-0.39, 0.29) is 22.3 Å². The zero-order valence-electron chi connectivity index (χ0n) is 28.3. The number of aliphatic imine (C=N–C) groups is 2. The Kier molecular flexibility index (Phi) is 9.73. The van der Waals surface area contributed by atoms with Crippen molar-refractivity contribution >= 4 is 34.6 Å². The summed E-state index contributed by atoms with van der Waals surface area (Å²) in [5.74, 6) is 1.55. The standard InChI is InChI=1S/C40H50N2O2/c1-25(2)17-27-19-30(37(43)32(21-27)39(5,6)7)23-41-34-15-11-13-29-14-12-16-35(36(29)34)42-24-31-20-28(18-26(3)4)22-33(38(31)44)40(8,9)10/h11-16,19-26,43-44H,17-18H2,1-10H3. The maximum Gasteiger partial charge on any atom is 0.128 e. The summed E-state index contributed by atoms with van der Waals surface area (Å²) in [5.41, 5.74) is 6.81. The van der Waals surface area contributed by atoms with Gasteiger partial charge in [0.1, 0.15) is 11.5 Å². The smallest absolute Gasteiger partial charge is 0.128 e. The highest BCUT2D eigenvalue weighted by Gasteiger charge is 2.22. The first-order valence-corrected chi connectivity index (χ1v) is 15.9. The van der Waals surface area contributed by atoms with Crippen molar-refractivity contribution in [2.75, 3.05) is 0 Å². The molecule has 0 unspecified atom stereocenters. The Morgan fingerprint density at radius 2 is 1.00 bits per heavy atom. The molecule has 0 amide bonds. The van der Waals surface area contributed by atoms with Crippen LogP contribution < -0.4 is 0 Å². The van der Waals surface area contributed by atoms with Crippen LogP contribution in [0, 0.1) is 11.8 Å². The molecule has 4 heteroatoms. The first kappa shape index (κ1) is 33.0. The van der Waals surface area contributed by atoms with Crippen molar-refractivity contribution in [3.8, 4) is 11.5 Å². The van der Waals surface area contributed by atoms with Crippen LogP contribution in [-0.4, -0.2) is 22.6 Å². The maximum atomic E-state index is 11.3. The Labute approximate surface area is 264 Å². The summed E-state index contributed by atoms with van der Waals surface area (Å²) in [4.78, 5) is 9.85. The molecular formula is C40H50N2O2. The molecule has 0 saturated carbocycles. The van der Waals surface area contributed by atoms with E-state index in [2.05, 4.69) is 106 Å². The van der Waals surface area contributed by atoms with Crippen LogP contribution in [0.25, 0.3) is 10.8 Å². The molecule has 4 aromatic carbocycles. The summed E-state index contributed by atoms with van der Waals surface area (Å²) < 4.78 is 0. The van der Waals surface area contributed by atoms with E-state index in [0.717, 1.165) is 46.1 Å². The highest BCUT2D eigenvalue weighted by Crippen LogP contribution is 2.38. The summed E-state index contributed by atoms with van der Waals surface area (Å²) in [7, 11) is 0. The van der Waals surface area contributed by atoms with Crippen molar-refractivity contribution in [1.29, 1.82) is 0 Å². The average molecular weight is 591 g/mol. The Morgan fingerprint density at radius 3 is 1.34 bits per heavy atom. The van der Waals surface area contributed by atoms with Gasteiger partial charge in [-0.25, -0.2) is 0 Å². The fourth-order valence-electron chi connectivity index (χ4n) is 5.75. The molecular weight excluding hydrogens is 540 g/mol. The zero-order chi connectivity index (χ0) is 32.4. The van der Waals surface area contributed by atoms with E-state index >= 15 is 0 Å². The van der Waals surface area contributed by atoms with Crippen LogP contribution in [0.15, 0.2) is 70.6 Å². The minimum Gasteiger partial charge on any atom is -0.507 e. The molecule has 0 bridgehead atoms. The SMILES string of the molecule is CC(C)Cc1cc(C=Nc2cccc3cccc(N=Cc4cc(CC(C)C)cc(C(C)(C)C)c4O)c23)c(O)c(C(C)(C)C)c1. The minimum atomic E-state index is -0.203. The van der Waals surface area contributed by atoms with Gasteiger partial charge in [0.2, 0.25) is 0 Å². The van der Waals surface area contributed by atoms with E-state index in [0.29, 0.717) is 23.0 Å². The van der Waals surface area contributed by atoms with Crippen LogP contribution in [0.1, 0.15) is 103 Å². The second kappa shape index (κ2) is 13.0. The normalized spacial score (nSPS) is 12.9. The summed E-state index contributed by atoms with van der Waals surface area (Å²) >= 11 is 0. The molecule has 4 nitrogen and oxygen atoms in total. The molecule has 0 radical (unpaired) electrons. The zero-order valence-corrected chi connectivity index (χ0v) is 28.3. The Balaban J connectivity index is 1.82. The highest BCUT2D eigenvalue weighted by atomic mass is 16.3. The van der Waals surface area contributed by atoms with Crippen molar-refractivity contribution in [3.05, 3.63) is 94.0 Å². The number of aromatic hydroxyl groups is 2. The van der Waals surface area contributed by atoms with Gasteiger partial charge >= 0.3 is 0 Å². The summed E-state index contributed by atoms with van der Waals surface area (Å²) in [5, 5.41) is 24.5. The van der Waals surface area contributed by atoms with Crippen molar-refractivity contribution in [1.82, 2.24) is 0 Å². The van der Waals surface area contributed by atoms with E-state index in [4.69, 9.17) is 9.98 Å². The Morgan fingerprint density at radius 1 is 0.614 bits per heavy atom. The summed E-state index contributed by atoms with van der Waals surface area (Å²) in [6.07, 6.45) is 5.42. The largest absolute Gasteiger partial charge is 0.507 e. The Bertz CT molecular complexity index is 1570. The fourth-order valence-corrected chi connectivity index (χ4v) is 5.75. The first-order chi connectivity index (χ1) is 20.5. The number of phenolic OH excluding ortho intramolecular Hbond substituents is 2. The van der Waals surface area contributed by atoms with Gasteiger partial charge in [-0.2, -0.15) is 0 Å². The number of rotatable bonds is 8. The van der Waals surface area contributed by atoms with Crippen molar-refractivity contribution < 1.29 is 10.2 Å². The molecule has 0 spiro atoms. The molecule has 4 rings (SSSR count). The van der Waals surface area contributed by atoms with Gasteiger partial charge in [-0.1, -0.05) is 106 Å². The number of fused-ring (bicyclic) bond motifs is 1. The summed E-state index contributed by atoms with van der Waals surface area (Å²) in [6, 6.07) is 20.4. The molecule has 232 valence electrons. The van der Waals surface area contributed by atoms with Gasteiger partial charge in [-0.3, -0.25) is 9.98 Å². The number of nitrogens with zero attached hydrogens (tertiary/aromatic N) is 2. The molecule has 0 aliphatic heterocycles. The third kappa shape index (κ3) is 7.77. The van der Waals surface area contributed by atoms with Crippen LogP contribution >= 0.6 is 0 Å². The lowest BCUT2D eigenvalue weighted by atomic mass is 9.83. The predicted molar refractivity (Wildman–Crippen MR) is 189 cm³/mol. The van der Waals surface area contributed by atoms with Crippen LogP contribution in [0.2, 0.25) is 0 Å². The number of benzene rings is 4. The molecule has 44 heavy (non-hydrogen) atoms. The predicted octanol–water partition coefficient (Wildman–Crippen LogP) is 10.7. The van der Waals surface area contributed by atoms with Crippen molar-refractivity contribution in [2.24, 2.45) is 21.8 Å². The van der Waals surface area contributed by atoms with E-state index in [9.17, 15) is 10.2 Å². The second-order valence-corrected chi connectivity index (χ2v) is 15.0. The van der Waals surface area contributed by atoms with Crippen LogP contribution in [-0.2, 0) is 23.7 Å². The van der Waals surface area contributed by atoms with Gasteiger partial charge in [0.25, 0.3) is 0 Å². The Hall–Kier alpha value is -3.92. The van der Waals surface area contributed by atoms with Gasteiger partial charge in [-0.05, 0) is 76.3 Å². The lowest BCUT2D eigenvalue weighted by Gasteiger charge is -2.23. The topological polar surface area (TPSA) is 65.2 Å². The molecule has 0 heterocycles. The van der Waals surface area contributed by atoms with Crippen molar-refractivity contribution in [3.63, 3.8) is 0 Å². The van der Waals surface area contributed by atoms with Gasteiger partial charge in [0.15, 0.2) is 0 Å². The lowest BCUT2D eigenvalue weighted by Crippen LogP contribution is -2.13. The average Bonchev–Trinajstić information content (AvgIpc) is 2.91. The number of phenols is 2. The molecule has 0 saturated heterocycles. The first-order valence-electron chi connectivity index (χ1n) is 15.9. The third-order valence-corrected chi connectivity index (χ3v) is 7.85. The van der Waals surface area contributed by atoms with Crippen LogP contribution in [0.3, 0.4) is 0 Å². The third-order valence-electron chi connectivity index (χ3n) is 7.85.